The van der Waals surface area contributed by atoms with Crippen molar-refractivity contribution in [1.82, 2.24) is 4.90 Å². The molecule has 1 aromatic rings. The molecule has 2 fully saturated rings. The standard InChI is InChI=1S/C24H28N4O3/c1-23(2,3)16-7-9-17(10-8-16)27-20(29)15-28-21(30)18(13-25)24(11-5-4-6-12-24)19(14-26)22(28)31/h7-10,18-19H,4-6,11-12,15H2,1-3H3,(H,27,29). The molecule has 7 nitrogen and oxygen atoms in total. The number of amides is 3. The van der Waals surface area contributed by atoms with E-state index in [-0.39, 0.29) is 5.41 Å². The molecule has 0 bridgehead atoms. The van der Waals surface area contributed by atoms with E-state index >= 15 is 0 Å². The molecule has 1 aliphatic heterocycles. The van der Waals surface area contributed by atoms with Gasteiger partial charge >= 0.3 is 0 Å². The Morgan fingerprint density at radius 3 is 2.00 bits per heavy atom. The molecule has 7 heteroatoms. The number of imide groups is 1. The number of nitrogens with one attached hydrogen (secondary N) is 1. The SMILES string of the molecule is CC(C)(C)c1ccc(NC(=O)CN2C(=O)C(C#N)C3(CCCCC3)C(C#N)C2=O)cc1. The molecule has 2 unspecified atom stereocenters. The molecule has 1 saturated heterocycles. The molecule has 1 heterocycles. The van der Waals surface area contributed by atoms with Crippen LogP contribution >= 0.6 is 0 Å². The van der Waals surface area contributed by atoms with Crippen LogP contribution in [0.2, 0.25) is 0 Å². The second kappa shape index (κ2) is 8.51. The van der Waals surface area contributed by atoms with Crippen LogP contribution in [0, 0.1) is 39.9 Å². The van der Waals surface area contributed by atoms with Crippen LogP contribution in [0.25, 0.3) is 0 Å². The van der Waals surface area contributed by atoms with Crippen LogP contribution in [-0.2, 0) is 19.8 Å². The van der Waals surface area contributed by atoms with Crippen LogP contribution < -0.4 is 5.32 Å². The lowest BCUT2D eigenvalue weighted by atomic mass is 9.57. The number of benzene rings is 1. The minimum atomic E-state index is -1.09. The van der Waals surface area contributed by atoms with Crippen molar-refractivity contribution in [1.29, 1.82) is 10.5 Å². The van der Waals surface area contributed by atoms with Crippen LogP contribution in [0.5, 0.6) is 0 Å². The number of rotatable bonds is 3. The van der Waals surface area contributed by atoms with Gasteiger partial charge in [0.1, 0.15) is 18.4 Å². The molecule has 1 saturated carbocycles. The lowest BCUT2D eigenvalue weighted by Crippen LogP contribution is -2.61. The van der Waals surface area contributed by atoms with Gasteiger partial charge in [0.15, 0.2) is 0 Å². The number of piperidine rings is 1. The van der Waals surface area contributed by atoms with Crippen molar-refractivity contribution in [2.24, 2.45) is 17.3 Å². The number of likely N-dealkylation sites (tertiary alicyclic amines) is 1. The van der Waals surface area contributed by atoms with Gasteiger partial charge in [-0.2, -0.15) is 10.5 Å². The first-order valence-electron chi connectivity index (χ1n) is 10.7. The van der Waals surface area contributed by atoms with Crippen molar-refractivity contribution in [3.05, 3.63) is 29.8 Å². The maximum Gasteiger partial charge on any atom is 0.247 e. The second-order valence-corrected chi connectivity index (χ2v) is 9.56. The largest absolute Gasteiger partial charge is 0.325 e. The second-order valence-electron chi connectivity index (χ2n) is 9.56. The Morgan fingerprint density at radius 2 is 1.55 bits per heavy atom. The molecule has 31 heavy (non-hydrogen) atoms. The molecule has 1 aliphatic carbocycles. The van der Waals surface area contributed by atoms with E-state index in [1.54, 1.807) is 12.1 Å². The van der Waals surface area contributed by atoms with E-state index in [1.165, 1.54) is 0 Å². The molecule has 2 atom stereocenters. The number of hydrogen-bond donors (Lipinski definition) is 1. The first-order valence-corrected chi connectivity index (χ1v) is 10.7. The van der Waals surface area contributed by atoms with Crippen molar-refractivity contribution < 1.29 is 14.4 Å². The number of anilines is 1. The molecule has 0 aromatic heterocycles. The zero-order valence-electron chi connectivity index (χ0n) is 18.3. The number of hydrogen-bond acceptors (Lipinski definition) is 5. The molecule has 3 rings (SSSR count). The fraction of sp³-hybridized carbons (Fsp3) is 0.542. The summed E-state index contributed by atoms with van der Waals surface area (Å²) in [6.45, 7) is 5.75. The van der Waals surface area contributed by atoms with Crippen LogP contribution in [0.1, 0.15) is 58.4 Å². The van der Waals surface area contributed by atoms with Crippen molar-refractivity contribution in [2.75, 3.05) is 11.9 Å². The van der Waals surface area contributed by atoms with Gasteiger partial charge < -0.3 is 5.32 Å². The number of nitrogens with zero attached hydrogens (tertiary/aromatic N) is 3. The summed E-state index contributed by atoms with van der Waals surface area (Å²) >= 11 is 0. The average Bonchev–Trinajstić information content (AvgIpc) is 2.72. The topological polar surface area (TPSA) is 114 Å². The summed E-state index contributed by atoms with van der Waals surface area (Å²) < 4.78 is 0. The summed E-state index contributed by atoms with van der Waals surface area (Å²) in [6, 6.07) is 11.5. The van der Waals surface area contributed by atoms with Crippen molar-refractivity contribution >= 4 is 23.4 Å². The summed E-state index contributed by atoms with van der Waals surface area (Å²) in [6.07, 6.45) is 3.52. The molecule has 162 valence electrons. The van der Waals surface area contributed by atoms with Gasteiger partial charge in [-0.25, -0.2) is 0 Å². The molecule has 1 spiro atoms. The van der Waals surface area contributed by atoms with Gasteiger partial charge in [0.2, 0.25) is 17.7 Å². The van der Waals surface area contributed by atoms with Crippen LogP contribution in [-0.4, -0.2) is 29.2 Å². The third kappa shape index (κ3) is 4.18. The number of carbonyl (C=O) groups is 3. The highest BCUT2D eigenvalue weighted by Crippen LogP contribution is 2.51. The molecular formula is C24H28N4O3. The Labute approximate surface area is 183 Å². The highest BCUT2D eigenvalue weighted by Gasteiger charge is 2.59. The van der Waals surface area contributed by atoms with Crippen LogP contribution in [0.15, 0.2) is 24.3 Å². The van der Waals surface area contributed by atoms with Crippen molar-refractivity contribution in [2.45, 2.75) is 58.3 Å². The molecule has 3 amide bonds. The Bertz CT molecular complexity index is 921. The Hall–Kier alpha value is -3.19. The van der Waals surface area contributed by atoms with Crippen LogP contribution in [0.3, 0.4) is 0 Å². The van der Waals surface area contributed by atoms with E-state index < -0.39 is 41.5 Å². The summed E-state index contributed by atoms with van der Waals surface area (Å²) in [5.41, 5.74) is 0.694. The quantitative estimate of drug-likeness (QED) is 0.752. The van der Waals surface area contributed by atoms with E-state index in [9.17, 15) is 24.9 Å². The maximum absolute atomic E-state index is 13.0. The smallest absolute Gasteiger partial charge is 0.247 e. The van der Waals surface area contributed by atoms with Gasteiger partial charge in [0.05, 0.1) is 12.1 Å². The molecule has 1 N–H and O–H groups in total. The van der Waals surface area contributed by atoms with E-state index in [4.69, 9.17) is 0 Å². The van der Waals surface area contributed by atoms with Gasteiger partial charge in [0, 0.05) is 11.1 Å². The monoisotopic (exact) mass is 420 g/mol. The normalized spacial score (nSPS) is 23.2. The summed E-state index contributed by atoms with van der Waals surface area (Å²) in [7, 11) is 0. The lowest BCUT2D eigenvalue weighted by Gasteiger charge is -2.47. The van der Waals surface area contributed by atoms with E-state index in [2.05, 4.69) is 26.1 Å². The number of nitriles is 2. The van der Waals surface area contributed by atoms with Gasteiger partial charge in [0.25, 0.3) is 0 Å². The fourth-order valence-corrected chi connectivity index (χ4v) is 4.79. The molecular weight excluding hydrogens is 392 g/mol. The Morgan fingerprint density at radius 1 is 1.03 bits per heavy atom. The molecule has 0 radical (unpaired) electrons. The molecule has 1 aromatic carbocycles. The van der Waals surface area contributed by atoms with Crippen molar-refractivity contribution in [3.8, 4) is 12.1 Å². The van der Waals surface area contributed by atoms with Crippen molar-refractivity contribution in [3.63, 3.8) is 0 Å². The average molecular weight is 421 g/mol. The third-order valence-electron chi connectivity index (χ3n) is 6.55. The van der Waals surface area contributed by atoms with Crippen LogP contribution in [0.4, 0.5) is 5.69 Å². The number of carbonyl (C=O) groups excluding carboxylic acids is 3. The molecule has 2 aliphatic rings. The minimum absolute atomic E-state index is 0.0249. The van der Waals surface area contributed by atoms with E-state index in [0.717, 1.165) is 29.7 Å². The predicted octanol–water partition coefficient (Wildman–Crippen LogP) is 3.52. The van der Waals surface area contributed by atoms with Gasteiger partial charge in [-0.3, -0.25) is 19.3 Å². The van der Waals surface area contributed by atoms with E-state index in [0.29, 0.717) is 18.5 Å². The first-order chi connectivity index (χ1) is 14.6. The Balaban J connectivity index is 1.77. The highest BCUT2D eigenvalue weighted by molar-refractivity contribution is 6.07. The lowest BCUT2D eigenvalue weighted by molar-refractivity contribution is -0.164. The predicted molar refractivity (Wildman–Crippen MR) is 114 cm³/mol. The summed E-state index contributed by atoms with van der Waals surface area (Å²) in [5, 5.41) is 22.2. The zero-order chi connectivity index (χ0) is 22.8. The first kappa shape index (κ1) is 22.5. The van der Waals surface area contributed by atoms with Gasteiger partial charge in [-0.1, -0.05) is 52.2 Å². The highest BCUT2D eigenvalue weighted by atomic mass is 16.2. The maximum atomic E-state index is 13.0. The Kier molecular flexibility index (Phi) is 6.18. The van der Waals surface area contributed by atoms with Gasteiger partial charge in [-0.05, 0) is 36.0 Å². The summed E-state index contributed by atoms with van der Waals surface area (Å²) in [4.78, 5) is 39.5. The van der Waals surface area contributed by atoms with E-state index in [1.807, 2.05) is 24.3 Å². The zero-order valence-corrected chi connectivity index (χ0v) is 18.3. The van der Waals surface area contributed by atoms with Gasteiger partial charge in [-0.15, -0.1) is 0 Å². The summed E-state index contributed by atoms with van der Waals surface area (Å²) in [5.74, 6) is -4.06. The fourth-order valence-electron chi connectivity index (χ4n) is 4.79. The third-order valence-corrected chi connectivity index (χ3v) is 6.55. The minimum Gasteiger partial charge on any atom is -0.325 e.